The highest BCUT2D eigenvalue weighted by Crippen LogP contribution is 2.19. The van der Waals surface area contributed by atoms with E-state index < -0.39 is 0 Å². The van der Waals surface area contributed by atoms with Crippen LogP contribution in [0, 0.1) is 0 Å². The number of hydrogen-bond donors (Lipinski definition) is 2. The van der Waals surface area contributed by atoms with Gasteiger partial charge in [-0.1, -0.05) is 13.8 Å². The quantitative estimate of drug-likeness (QED) is 0.837. The Labute approximate surface area is 124 Å². The maximum atomic E-state index is 12.7. The Morgan fingerprint density at radius 1 is 1.62 bits per heavy atom. The molecule has 0 radical (unpaired) electrons. The summed E-state index contributed by atoms with van der Waals surface area (Å²) in [7, 11) is 0. The molecule has 2 unspecified atom stereocenters. The third kappa shape index (κ3) is 3.30. The second-order valence-electron chi connectivity index (χ2n) is 5.63. The molecule has 3 N–H and O–H groups in total. The van der Waals surface area contributed by atoms with Gasteiger partial charge >= 0.3 is 0 Å². The molecule has 116 valence electrons. The number of nitrogens with zero attached hydrogens (tertiary/aromatic N) is 3. The first-order valence-electron chi connectivity index (χ1n) is 7.09. The molecule has 2 heterocycles. The lowest BCUT2D eigenvalue weighted by Gasteiger charge is -2.37. The highest BCUT2D eigenvalue weighted by atomic mass is 16.5. The lowest BCUT2D eigenvalue weighted by Crippen LogP contribution is -2.52. The van der Waals surface area contributed by atoms with Crippen LogP contribution in [-0.4, -0.2) is 57.8 Å². The van der Waals surface area contributed by atoms with Gasteiger partial charge in [0.2, 0.25) is 0 Å². The number of nitrogens with two attached hydrogens (primary N) is 1. The molecule has 7 heteroatoms. The average molecular weight is 294 g/mol. The Hall–Kier alpha value is -1.73. The van der Waals surface area contributed by atoms with E-state index >= 15 is 0 Å². The molecule has 0 spiro atoms. The molecule has 2 atom stereocenters. The summed E-state index contributed by atoms with van der Waals surface area (Å²) in [4.78, 5) is 22.8. The topological polar surface area (TPSA) is 102 Å². The number of morpholine rings is 1. The Balaban J connectivity index is 2.28. The summed E-state index contributed by atoms with van der Waals surface area (Å²) in [5, 5.41) is 9.21. The zero-order valence-corrected chi connectivity index (χ0v) is 12.6. The molecule has 1 aromatic rings. The summed E-state index contributed by atoms with van der Waals surface area (Å²) >= 11 is 0. The fraction of sp³-hybridized carbons (Fsp3) is 0.643. The molecule has 0 bridgehead atoms. The second kappa shape index (κ2) is 6.36. The van der Waals surface area contributed by atoms with Gasteiger partial charge in [-0.25, -0.2) is 9.97 Å². The van der Waals surface area contributed by atoms with Crippen molar-refractivity contribution in [2.75, 3.05) is 25.5 Å². The van der Waals surface area contributed by atoms with Gasteiger partial charge in [-0.05, 0) is 6.92 Å². The van der Waals surface area contributed by atoms with Crippen molar-refractivity contribution in [2.24, 2.45) is 0 Å². The van der Waals surface area contributed by atoms with E-state index in [1.807, 2.05) is 20.8 Å². The molecule has 1 amide bonds. The van der Waals surface area contributed by atoms with Gasteiger partial charge in [0, 0.05) is 12.5 Å². The fourth-order valence-electron chi connectivity index (χ4n) is 2.20. The Kier molecular flexibility index (Phi) is 4.74. The minimum Gasteiger partial charge on any atom is -0.396 e. The third-order valence-electron chi connectivity index (χ3n) is 3.52. The van der Waals surface area contributed by atoms with Crippen LogP contribution in [0.1, 0.15) is 43.0 Å². The van der Waals surface area contributed by atoms with Crippen LogP contribution in [0.2, 0.25) is 0 Å². The molecular formula is C14H22N4O3. The van der Waals surface area contributed by atoms with Gasteiger partial charge in [-0.15, -0.1) is 0 Å². The summed E-state index contributed by atoms with van der Waals surface area (Å²) in [6, 6.07) is -0.0860. The Morgan fingerprint density at radius 3 is 2.95 bits per heavy atom. The van der Waals surface area contributed by atoms with Crippen molar-refractivity contribution in [3.05, 3.63) is 17.7 Å². The van der Waals surface area contributed by atoms with Gasteiger partial charge in [-0.3, -0.25) is 4.79 Å². The van der Waals surface area contributed by atoms with Crippen LogP contribution in [0.25, 0.3) is 0 Å². The molecule has 7 nitrogen and oxygen atoms in total. The van der Waals surface area contributed by atoms with E-state index in [0.29, 0.717) is 19.0 Å². The molecule has 2 rings (SSSR count). The van der Waals surface area contributed by atoms with Crippen molar-refractivity contribution in [1.82, 2.24) is 14.9 Å². The van der Waals surface area contributed by atoms with E-state index in [-0.39, 0.29) is 42.0 Å². The first-order chi connectivity index (χ1) is 9.93. The maximum Gasteiger partial charge on any atom is 0.275 e. The molecule has 1 aliphatic rings. The number of aromatic nitrogens is 2. The van der Waals surface area contributed by atoms with Crippen molar-refractivity contribution in [1.29, 1.82) is 0 Å². The van der Waals surface area contributed by atoms with Crippen LogP contribution in [0.4, 0.5) is 5.69 Å². The molecule has 1 saturated heterocycles. The predicted octanol–water partition coefficient (Wildman–Crippen LogP) is 0.404. The standard InChI is InChI=1S/C14H22N4O3/c1-8(2)13-16-4-11(15)12(17-13)14(20)18-5-10(6-19)21-7-9(18)3/h4,8-10,19H,5-7,15H2,1-3H3. The van der Waals surface area contributed by atoms with Crippen molar-refractivity contribution in [3.63, 3.8) is 0 Å². The number of rotatable bonds is 3. The second-order valence-corrected chi connectivity index (χ2v) is 5.63. The van der Waals surface area contributed by atoms with Crippen molar-refractivity contribution >= 4 is 11.6 Å². The lowest BCUT2D eigenvalue weighted by molar-refractivity contribution is -0.0668. The highest BCUT2D eigenvalue weighted by molar-refractivity contribution is 5.97. The highest BCUT2D eigenvalue weighted by Gasteiger charge is 2.31. The lowest BCUT2D eigenvalue weighted by atomic mass is 10.1. The molecule has 1 aromatic heterocycles. The van der Waals surface area contributed by atoms with E-state index in [0.717, 1.165) is 0 Å². The van der Waals surface area contributed by atoms with Gasteiger partial charge in [0.1, 0.15) is 5.82 Å². The van der Waals surface area contributed by atoms with E-state index in [4.69, 9.17) is 10.5 Å². The summed E-state index contributed by atoms with van der Waals surface area (Å²) < 4.78 is 5.44. The maximum absolute atomic E-state index is 12.7. The van der Waals surface area contributed by atoms with Crippen LogP contribution in [0.3, 0.4) is 0 Å². The first-order valence-corrected chi connectivity index (χ1v) is 7.09. The van der Waals surface area contributed by atoms with E-state index in [9.17, 15) is 9.90 Å². The number of ether oxygens (including phenoxy) is 1. The molecule has 0 saturated carbocycles. The van der Waals surface area contributed by atoms with Crippen LogP contribution >= 0.6 is 0 Å². The molecule has 0 aliphatic carbocycles. The van der Waals surface area contributed by atoms with Crippen LogP contribution < -0.4 is 5.73 Å². The van der Waals surface area contributed by atoms with Gasteiger partial charge in [0.05, 0.1) is 37.2 Å². The minimum atomic E-state index is -0.363. The number of nitrogen functional groups attached to an aromatic ring is 1. The van der Waals surface area contributed by atoms with Gasteiger partial charge in [0.25, 0.3) is 5.91 Å². The average Bonchev–Trinajstić information content (AvgIpc) is 2.47. The molecule has 1 aliphatic heterocycles. The number of carbonyl (C=O) groups excluding carboxylic acids is 1. The summed E-state index contributed by atoms with van der Waals surface area (Å²) in [6.07, 6.45) is 1.11. The monoisotopic (exact) mass is 294 g/mol. The van der Waals surface area contributed by atoms with Crippen molar-refractivity contribution in [2.45, 2.75) is 38.8 Å². The number of hydrogen-bond acceptors (Lipinski definition) is 6. The predicted molar refractivity (Wildman–Crippen MR) is 77.9 cm³/mol. The zero-order chi connectivity index (χ0) is 15.6. The molecule has 1 fully saturated rings. The molecule has 0 aromatic carbocycles. The van der Waals surface area contributed by atoms with Gasteiger partial charge in [0.15, 0.2) is 5.69 Å². The first kappa shape index (κ1) is 15.7. The van der Waals surface area contributed by atoms with Crippen molar-refractivity contribution in [3.8, 4) is 0 Å². The number of carbonyl (C=O) groups is 1. The van der Waals surface area contributed by atoms with E-state index in [1.54, 1.807) is 4.90 Å². The van der Waals surface area contributed by atoms with Crippen LogP contribution in [-0.2, 0) is 4.74 Å². The SMILES string of the molecule is CC(C)c1ncc(N)c(C(=O)N2CC(CO)OCC2C)n1. The number of aliphatic hydroxyl groups is 1. The number of anilines is 1. The third-order valence-corrected chi connectivity index (χ3v) is 3.52. The smallest absolute Gasteiger partial charge is 0.275 e. The van der Waals surface area contributed by atoms with Gasteiger partial charge < -0.3 is 20.5 Å². The van der Waals surface area contributed by atoms with Gasteiger partial charge in [-0.2, -0.15) is 0 Å². The molecule has 21 heavy (non-hydrogen) atoms. The van der Waals surface area contributed by atoms with Crippen molar-refractivity contribution < 1.29 is 14.6 Å². The zero-order valence-electron chi connectivity index (χ0n) is 12.6. The van der Waals surface area contributed by atoms with Crippen LogP contribution in [0.15, 0.2) is 6.20 Å². The summed E-state index contributed by atoms with van der Waals surface area (Å²) in [6.45, 7) is 6.41. The van der Waals surface area contributed by atoms with E-state index in [2.05, 4.69) is 9.97 Å². The fourth-order valence-corrected chi connectivity index (χ4v) is 2.20. The minimum absolute atomic E-state index is 0.0860. The van der Waals surface area contributed by atoms with E-state index in [1.165, 1.54) is 6.20 Å². The summed E-state index contributed by atoms with van der Waals surface area (Å²) in [5.74, 6) is 0.461. The number of amides is 1. The number of aliphatic hydroxyl groups excluding tert-OH is 1. The Bertz CT molecular complexity index is 521. The summed E-state index contributed by atoms with van der Waals surface area (Å²) in [5.41, 5.74) is 6.35. The largest absolute Gasteiger partial charge is 0.396 e. The normalized spacial score (nSPS) is 22.6. The van der Waals surface area contributed by atoms with Crippen LogP contribution in [0.5, 0.6) is 0 Å². The Morgan fingerprint density at radius 2 is 2.33 bits per heavy atom. The molecular weight excluding hydrogens is 272 g/mol.